The van der Waals surface area contributed by atoms with E-state index in [-0.39, 0.29) is 18.7 Å². The van der Waals surface area contributed by atoms with E-state index >= 15 is 0 Å². The predicted octanol–water partition coefficient (Wildman–Crippen LogP) is 1.65. The molecule has 0 fully saturated rings. The maximum absolute atomic E-state index is 8.95. The van der Waals surface area contributed by atoms with Gasteiger partial charge in [-0.2, -0.15) is 0 Å². The van der Waals surface area contributed by atoms with Gasteiger partial charge < -0.3 is 10.8 Å². The Kier molecular flexibility index (Phi) is 5.22. The molecule has 0 spiro atoms. The van der Waals surface area contributed by atoms with Crippen LogP contribution >= 0.6 is 11.6 Å². The van der Waals surface area contributed by atoms with E-state index in [1.165, 1.54) is 0 Å². The molecule has 0 aliphatic carbocycles. The molecular formula is C12H19ClN2O. The van der Waals surface area contributed by atoms with Gasteiger partial charge in [0.25, 0.3) is 0 Å². The van der Waals surface area contributed by atoms with Crippen LogP contribution in [0.5, 0.6) is 0 Å². The third kappa shape index (κ3) is 3.46. The summed E-state index contributed by atoms with van der Waals surface area (Å²) < 4.78 is 0. The van der Waals surface area contributed by atoms with Gasteiger partial charge in [-0.25, -0.2) is 0 Å². The number of hydrogen-bond acceptors (Lipinski definition) is 3. The number of rotatable bonds is 5. The van der Waals surface area contributed by atoms with Crippen molar-refractivity contribution in [2.75, 3.05) is 20.2 Å². The molecule has 3 nitrogen and oxygen atoms in total. The highest BCUT2D eigenvalue weighted by Gasteiger charge is 2.20. The Balaban J connectivity index is 2.89. The lowest BCUT2D eigenvalue weighted by molar-refractivity contribution is 0.167. The maximum Gasteiger partial charge on any atom is 0.0558 e. The Morgan fingerprint density at radius 2 is 1.94 bits per heavy atom. The van der Waals surface area contributed by atoms with Crippen LogP contribution in [0.3, 0.4) is 0 Å². The van der Waals surface area contributed by atoms with Crippen LogP contribution in [0.2, 0.25) is 5.02 Å². The fourth-order valence-electron chi connectivity index (χ4n) is 1.92. The molecule has 2 atom stereocenters. The van der Waals surface area contributed by atoms with E-state index in [1.54, 1.807) is 0 Å². The third-order valence-electron chi connectivity index (χ3n) is 2.64. The van der Waals surface area contributed by atoms with Crippen molar-refractivity contribution in [1.29, 1.82) is 0 Å². The fourth-order valence-corrected chi connectivity index (χ4v) is 2.04. The second-order valence-corrected chi connectivity index (χ2v) is 4.50. The van der Waals surface area contributed by atoms with Gasteiger partial charge in [-0.05, 0) is 31.7 Å². The molecule has 1 aromatic carbocycles. The van der Waals surface area contributed by atoms with Crippen molar-refractivity contribution < 1.29 is 5.11 Å². The number of benzene rings is 1. The minimum atomic E-state index is -0.00211. The van der Waals surface area contributed by atoms with Crippen molar-refractivity contribution in [2.24, 2.45) is 5.73 Å². The number of hydrogen-bond donors (Lipinski definition) is 2. The van der Waals surface area contributed by atoms with Crippen molar-refractivity contribution in [3.63, 3.8) is 0 Å². The summed E-state index contributed by atoms with van der Waals surface area (Å²) in [5, 5.41) is 9.67. The van der Waals surface area contributed by atoms with Crippen LogP contribution < -0.4 is 5.73 Å². The molecule has 1 rings (SSSR count). The lowest BCUT2D eigenvalue weighted by Crippen LogP contribution is -2.38. The number of nitrogens with zero attached hydrogens (tertiary/aromatic N) is 1. The number of aliphatic hydroxyl groups excluding tert-OH is 1. The van der Waals surface area contributed by atoms with E-state index in [0.29, 0.717) is 6.54 Å². The van der Waals surface area contributed by atoms with E-state index in [2.05, 4.69) is 0 Å². The SMILES string of the molecule is CC(N)C(c1ccc(Cl)cc1)N(C)CCO. The summed E-state index contributed by atoms with van der Waals surface area (Å²) in [4.78, 5) is 2.05. The van der Waals surface area contributed by atoms with Crippen LogP contribution in [-0.2, 0) is 0 Å². The van der Waals surface area contributed by atoms with E-state index in [9.17, 15) is 0 Å². The Hall–Kier alpha value is -0.610. The zero-order chi connectivity index (χ0) is 12.1. The molecule has 2 unspecified atom stereocenters. The Labute approximate surface area is 102 Å². The maximum atomic E-state index is 8.95. The van der Waals surface area contributed by atoms with Gasteiger partial charge in [0.15, 0.2) is 0 Å². The number of nitrogens with two attached hydrogens (primary N) is 1. The Morgan fingerprint density at radius 1 is 1.38 bits per heavy atom. The summed E-state index contributed by atoms with van der Waals surface area (Å²) >= 11 is 5.85. The van der Waals surface area contributed by atoms with Crippen molar-refractivity contribution >= 4 is 11.6 Å². The molecule has 3 N–H and O–H groups in total. The monoisotopic (exact) mass is 242 g/mol. The van der Waals surface area contributed by atoms with Crippen molar-refractivity contribution in [3.8, 4) is 0 Å². The summed E-state index contributed by atoms with van der Waals surface area (Å²) in [5.41, 5.74) is 7.10. The second kappa shape index (κ2) is 6.21. The van der Waals surface area contributed by atoms with E-state index in [0.717, 1.165) is 10.6 Å². The van der Waals surface area contributed by atoms with Gasteiger partial charge in [0.1, 0.15) is 0 Å². The molecular weight excluding hydrogens is 224 g/mol. The largest absolute Gasteiger partial charge is 0.395 e. The highest BCUT2D eigenvalue weighted by Crippen LogP contribution is 2.23. The van der Waals surface area contributed by atoms with Gasteiger partial charge in [0.05, 0.1) is 6.61 Å². The molecule has 0 aliphatic heterocycles. The number of aliphatic hydroxyl groups is 1. The van der Waals surface area contributed by atoms with Gasteiger partial charge >= 0.3 is 0 Å². The highest BCUT2D eigenvalue weighted by atomic mass is 35.5. The predicted molar refractivity (Wildman–Crippen MR) is 67.6 cm³/mol. The minimum Gasteiger partial charge on any atom is -0.395 e. The quantitative estimate of drug-likeness (QED) is 0.826. The number of likely N-dealkylation sites (N-methyl/N-ethyl adjacent to an activating group) is 1. The summed E-state index contributed by atoms with van der Waals surface area (Å²) in [6.07, 6.45) is 0. The summed E-state index contributed by atoms with van der Waals surface area (Å²) in [5.74, 6) is 0. The summed E-state index contributed by atoms with van der Waals surface area (Å²) in [6.45, 7) is 2.70. The third-order valence-corrected chi connectivity index (χ3v) is 2.89. The van der Waals surface area contributed by atoms with Gasteiger partial charge in [-0.1, -0.05) is 23.7 Å². The molecule has 0 aromatic heterocycles. The van der Waals surface area contributed by atoms with Gasteiger partial charge in [0, 0.05) is 23.7 Å². The smallest absolute Gasteiger partial charge is 0.0558 e. The van der Waals surface area contributed by atoms with Crippen LogP contribution in [0.25, 0.3) is 0 Å². The van der Waals surface area contributed by atoms with Crippen LogP contribution in [0.1, 0.15) is 18.5 Å². The molecule has 0 amide bonds. The normalized spacial score (nSPS) is 15.1. The molecule has 16 heavy (non-hydrogen) atoms. The summed E-state index contributed by atoms with van der Waals surface area (Å²) in [6, 6.07) is 7.77. The van der Waals surface area contributed by atoms with Crippen molar-refractivity contribution in [1.82, 2.24) is 4.90 Å². The van der Waals surface area contributed by atoms with Crippen LogP contribution in [0.15, 0.2) is 24.3 Å². The first-order valence-electron chi connectivity index (χ1n) is 5.38. The molecule has 0 radical (unpaired) electrons. The zero-order valence-electron chi connectivity index (χ0n) is 9.73. The van der Waals surface area contributed by atoms with Crippen molar-refractivity contribution in [3.05, 3.63) is 34.9 Å². The lowest BCUT2D eigenvalue weighted by atomic mass is 10.00. The van der Waals surface area contributed by atoms with Gasteiger partial charge in [0.2, 0.25) is 0 Å². The number of halogens is 1. The molecule has 0 bridgehead atoms. The lowest BCUT2D eigenvalue weighted by Gasteiger charge is -2.31. The van der Waals surface area contributed by atoms with Crippen LogP contribution in [0.4, 0.5) is 0 Å². The van der Waals surface area contributed by atoms with Gasteiger partial charge in [-0.15, -0.1) is 0 Å². The van der Waals surface area contributed by atoms with Gasteiger partial charge in [-0.3, -0.25) is 4.90 Å². The molecule has 4 heteroatoms. The topological polar surface area (TPSA) is 49.5 Å². The average Bonchev–Trinajstić information content (AvgIpc) is 2.21. The summed E-state index contributed by atoms with van der Waals surface area (Å²) in [7, 11) is 1.96. The van der Waals surface area contributed by atoms with E-state index in [1.807, 2.05) is 43.1 Å². The Bertz CT molecular complexity index is 313. The first-order valence-corrected chi connectivity index (χ1v) is 5.76. The van der Waals surface area contributed by atoms with Crippen LogP contribution in [0, 0.1) is 0 Å². The molecule has 0 saturated heterocycles. The van der Waals surface area contributed by atoms with E-state index < -0.39 is 0 Å². The first kappa shape index (κ1) is 13.5. The van der Waals surface area contributed by atoms with Crippen molar-refractivity contribution in [2.45, 2.75) is 19.0 Å². The van der Waals surface area contributed by atoms with E-state index in [4.69, 9.17) is 22.4 Å². The second-order valence-electron chi connectivity index (χ2n) is 4.06. The highest BCUT2D eigenvalue weighted by molar-refractivity contribution is 6.30. The zero-order valence-corrected chi connectivity index (χ0v) is 10.5. The van der Waals surface area contributed by atoms with Crippen LogP contribution in [-0.4, -0.2) is 36.2 Å². The minimum absolute atomic E-state index is 0.00211. The standard InChI is InChI=1S/C12H19ClN2O/c1-9(14)12(15(2)7-8-16)10-3-5-11(13)6-4-10/h3-6,9,12,16H,7-8,14H2,1-2H3. The fraction of sp³-hybridized carbons (Fsp3) is 0.500. The molecule has 0 aliphatic rings. The average molecular weight is 243 g/mol. The first-order chi connectivity index (χ1) is 7.56. The Morgan fingerprint density at radius 3 is 2.38 bits per heavy atom. The molecule has 1 aromatic rings. The molecule has 0 heterocycles. The molecule has 90 valence electrons. The molecule has 0 saturated carbocycles.